The summed E-state index contributed by atoms with van der Waals surface area (Å²) >= 11 is 3.03. The molecule has 1 rings (SSSR count). The van der Waals surface area contributed by atoms with Gasteiger partial charge in [0.25, 0.3) is 5.70 Å². The van der Waals surface area contributed by atoms with E-state index in [1.165, 1.54) is 12.2 Å². The SMILES string of the molecule is CC1=CC([N+](=O)[O-])=CC(Br)[NH+]1[O-]. The molecule has 6 heteroatoms. The van der Waals surface area contributed by atoms with Crippen LogP contribution in [0.25, 0.3) is 0 Å². The molecule has 5 nitrogen and oxygen atoms in total. The lowest BCUT2D eigenvalue weighted by Crippen LogP contribution is -3.08. The van der Waals surface area contributed by atoms with Gasteiger partial charge in [0.05, 0.1) is 17.1 Å². The van der Waals surface area contributed by atoms with E-state index in [1.807, 2.05) is 0 Å². The van der Waals surface area contributed by atoms with Crippen LogP contribution in [0.4, 0.5) is 0 Å². The first-order chi connectivity index (χ1) is 5.52. The molecular weight excluding hydrogens is 228 g/mol. The molecule has 0 aromatic rings. The number of halogens is 1. The predicted octanol–water partition coefficient (Wildman–Crippen LogP) is 0.168. The number of nitro groups is 1. The average molecular weight is 235 g/mol. The van der Waals surface area contributed by atoms with Crippen molar-refractivity contribution < 1.29 is 9.99 Å². The maximum atomic E-state index is 11.1. The number of nitrogens with zero attached hydrogens (tertiary/aromatic N) is 1. The number of hydroxylamine groups is 2. The third-order valence-electron chi connectivity index (χ3n) is 1.53. The zero-order chi connectivity index (χ0) is 9.30. The molecule has 0 fully saturated rings. The first kappa shape index (κ1) is 9.37. The summed E-state index contributed by atoms with van der Waals surface area (Å²) in [6, 6.07) is 0. The van der Waals surface area contributed by atoms with E-state index < -0.39 is 9.87 Å². The summed E-state index contributed by atoms with van der Waals surface area (Å²) in [7, 11) is 0. The third-order valence-corrected chi connectivity index (χ3v) is 2.21. The topological polar surface area (TPSA) is 70.6 Å². The Bertz CT molecular complexity index is 274. The summed E-state index contributed by atoms with van der Waals surface area (Å²) in [5.74, 6) is 0. The molecule has 12 heavy (non-hydrogen) atoms. The molecule has 0 amide bonds. The van der Waals surface area contributed by atoms with Gasteiger partial charge in [-0.3, -0.25) is 10.1 Å². The van der Waals surface area contributed by atoms with E-state index in [0.29, 0.717) is 5.70 Å². The number of allylic oxidation sites excluding steroid dienone is 2. The minimum absolute atomic E-state index is 0.0334. The van der Waals surface area contributed by atoms with Gasteiger partial charge in [0.1, 0.15) is 5.70 Å². The number of alkyl halides is 1. The second-order valence-corrected chi connectivity index (χ2v) is 3.43. The number of nitrogens with one attached hydrogen (secondary N) is 1. The molecule has 0 spiro atoms. The van der Waals surface area contributed by atoms with Gasteiger partial charge in [-0.1, -0.05) is 0 Å². The normalized spacial score (nSPS) is 29.2. The highest BCUT2D eigenvalue weighted by Gasteiger charge is 2.23. The zero-order valence-electron chi connectivity index (χ0n) is 6.28. The van der Waals surface area contributed by atoms with Crippen LogP contribution in [0.2, 0.25) is 0 Å². The molecule has 0 aromatic heterocycles. The van der Waals surface area contributed by atoms with Gasteiger partial charge in [-0.15, -0.1) is 0 Å². The maximum Gasteiger partial charge on any atom is 0.277 e. The van der Waals surface area contributed by atoms with Gasteiger partial charge in [-0.25, -0.2) is 0 Å². The zero-order valence-corrected chi connectivity index (χ0v) is 7.87. The van der Waals surface area contributed by atoms with Crippen LogP contribution in [0.3, 0.4) is 0 Å². The van der Waals surface area contributed by atoms with Gasteiger partial charge in [0.2, 0.25) is 0 Å². The Labute approximate surface area is 77.2 Å². The highest BCUT2D eigenvalue weighted by Crippen LogP contribution is 2.09. The highest BCUT2D eigenvalue weighted by molar-refractivity contribution is 9.09. The van der Waals surface area contributed by atoms with E-state index >= 15 is 0 Å². The van der Waals surface area contributed by atoms with Gasteiger partial charge < -0.3 is 10.3 Å². The van der Waals surface area contributed by atoms with Gasteiger partial charge in [-0.2, -0.15) is 0 Å². The number of hydrogen-bond acceptors (Lipinski definition) is 3. The quantitative estimate of drug-likeness (QED) is 0.231. The Morgan fingerprint density at radius 1 is 1.75 bits per heavy atom. The highest BCUT2D eigenvalue weighted by atomic mass is 79.9. The van der Waals surface area contributed by atoms with E-state index in [-0.39, 0.29) is 10.8 Å². The first-order valence-electron chi connectivity index (χ1n) is 3.25. The Morgan fingerprint density at radius 3 is 2.75 bits per heavy atom. The third kappa shape index (κ3) is 1.71. The van der Waals surface area contributed by atoms with Crippen molar-refractivity contribution in [2.75, 3.05) is 0 Å². The second kappa shape index (κ2) is 3.34. The van der Waals surface area contributed by atoms with Crippen molar-refractivity contribution in [2.24, 2.45) is 0 Å². The Morgan fingerprint density at radius 2 is 2.33 bits per heavy atom. The van der Waals surface area contributed by atoms with Crippen LogP contribution in [0.5, 0.6) is 0 Å². The summed E-state index contributed by atoms with van der Waals surface area (Å²) in [4.78, 5) is 9.25. The lowest BCUT2D eigenvalue weighted by Gasteiger charge is -2.27. The molecule has 2 atom stereocenters. The Kier molecular flexibility index (Phi) is 2.61. The molecule has 0 radical (unpaired) electrons. The van der Waals surface area contributed by atoms with Gasteiger partial charge in [0.15, 0.2) is 4.95 Å². The van der Waals surface area contributed by atoms with Crippen molar-refractivity contribution in [3.05, 3.63) is 38.9 Å². The fourth-order valence-electron chi connectivity index (χ4n) is 0.898. The van der Waals surface area contributed by atoms with Crippen LogP contribution in [-0.2, 0) is 0 Å². The molecule has 66 valence electrons. The first-order valence-corrected chi connectivity index (χ1v) is 4.16. The van der Waals surface area contributed by atoms with Crippen LogP contribution in [0.15, 0.2) is 23.5 Å². The Hall–Kier alpha value is -0.720. The van der Waals surface area contributed by atoms with Crippen LogP contribution >= 0.6 is 15.9 Å². The summed E-state index contributed by atoms with van der Waals surface area (Å²) in [6.07, 6.45) is 2.56. The van der Waals surface area contributed by atoms with Crippen LogP contribution in [0, 0.1) is 15.3 Å². The summed E-state index contributed by atoms with van der Waals surface area (Å²) < 4.78 is 0. The fraction of sp³-hybridized carbons (Fsp3) is 0.333. The lowest BCUT2D eigenvalue weighted by atomic mass is 10.2. The second-order valence-electron chi connectivity index (χ2n) is 2.44. The molecule has 1 aliphatic rings. The van der Waals surface area contributed by atoms with Gasteiger partial charge in [-0.05, 0) is 15.9 Å². The minimum Gasteiger partial charge on any atom is -0.628 e. The van der Waals surface area contributed by atoms with E-state index in [1.54, 1.807) is 6.92 Å². The summed E-state index contributed by atoms with van der Waals surface area (Å²) in [5.41, 5.74) is 0.375. The van der Waals surface area contributed by atoms with E-state index in [2.05, 4.69) is 15.9 Å². The van der Waals surface area contributed by atoms with Crippen molar-refractivity contribution in [3.8, 4) is 0 Å². The van der Waals surface area contributed by atoms with Crippen molar-refractivity contribution in [1.29, 1.82) is 0 Å². The van der Waals surface area contributed by atoms with E-state index in [0.717, 1.165) is 0 Å². The molecule has 1 aliphatic heterocycles. The fourth-order valence-corrected chi connectivity index (χ4v) is 1.53. The van der Waals surface area contributed by atoms with E-state index in [9.17, 15) is 15.3 Å². The Balaban J connectivity index is 2.95. The molecular formula is C6H7BrN2O3. The molecule has 0 aliphatic carbocycles. The lowest BCUT2D eigenvalue weighted by molar-refractivity contribution is -0.810. The summed E-state index contributed by atoms with van der Waals surface area (Å²) in [6.45, 7) is 1.56. The van der Waals surface area contributed by atoms with Crippen molar-refractivity contribution in [2.45, 2.75) is 11.9 Å². The number of rotatable bonds is 1. The minimum atomic E-state index is -0.553. The largest absolute Gasteiger partial charge is 0.628 e. The van der Waals surface area contributed by atoms with Crippen LogP contribution in [0.1, 0.15) is 6.92 Å². The van der Waals surface area contributed by atoms with Gasteiger partial charge in [0, 0.05) is 6.92 Å². The predicted molar refractivity (Wildman–Crippen MR) is 45.9 cm³/mol. The molecule has 0 saturated carbocycles. The monoisotopic (exact) mass is 234 g/mol. The van der Waals surface area contributed by atoms with Crippen molar-refractivity contribution >= 4 is 15.9 Å². The maximum absolute atomic E-state index is 11.1. The molecule has 1 N–H and O–H groups in total. The van der Waals surface area contributed by atoms with Crippen LogP contribution in [-0.4, -0.2) is 9.87 Å². The number of hydrogen-bond donors (Lipinski definition) is 1. The van der Waals surface area contributed by atoms with Gasteiger partial charge >= 0.3 is 0 Å². The van der Waals surface area contributed by atoms with Crippen molar-refractivity contribution in [3.63, 3.8) is 0 Å². The molecule has 2 unspecified atom stereocenters. The van der Waals surface area contributed by atoms with E-state index in [4.69, 9.17) is 0 Å². The molecule has 0 aromatic carbocycles. The smallest absolute Gasteiger partial charge is 0.277 e. The average Bonchev–Trinajstić information content (AvgIpc) is 1.99. The van der Waals surface area contributed by atoms with Crippen molar-refractivity contribution in [1.82, 2.24) is 0 Å². The molecule has 0 bridgehead atoms. The molecule has 0 saturated heterocycles. The molecule has 1 heterocycles. The summed E-state index contributed by atoms with van der Waals surface area (Å²) in [5, 5.41) is 21.3. The number of quaternary nitrogens is 1. The van der Waals surface area contributed by atoms with Crippen LogP contribution < -0.4 is 5.06 Å². The standard InChI is InChI=1S/C6H7BrN2O3/c1-4-2-5(9(11)12)3-6(7)8(4)10/h2-3,6,8H,1H3.